The van der Waals surface area contributed by atoms with E-state index < -0.39 is 11.2 Å². The Morgan fingerprint density at radius 2 is 1.85 bits per heavy atom. The Labute approximate surface area is 157 Å². The Bertz CT molecular complexity index is 746. The van der Waals surface area contributed by atoms with Crippen LogP contribution in [0, 0.1) is 0 Å². The number of amides is 1. The summed E-state index contributed by atoms with van der Waals surface area (Å²) in [5.41, 5.74) is 1.70. The Morgan fingerprint density at radius 3 is 2.50 bits per heavy atom. The first-order valence-corrected chi connectivity index (χ1v) is 9.29. The van der Waals surface area contributed by atoms with Gasteiger partial charge in [0.25, 0.3) is 5.91 Å². The van der Waals surface area contributed by atoms with E-state index in [2.05, 4.69) is 5.32 Å². The zero-order valence-corrected chi connectivity index (χ0v) is 15.7. The van der Waals surface area contributed by atoms with Crippen LogP contribution in [-0.4, -0.2) is 35.9 Å². The van der Waals surface area contributed by atoms with Crippen LogP contribution in [0.3, 0.4) is 0 Å². The second-order valence-corrected chi connectivity index (χ2v) is 7.18. The molecule has 0 bridgehead atoms. The third kappa shape index (κ3) is 5.81. The number of hydrogen-bond acceptors (Lipinski definition) is 4. The number of methoxy groups -OCH3 is 1. The number of carboxylic acids is 1. The molecule has 2 N–H and O–H groups in total. The minimum atomic E-state index is -0.898. The lowest BCUT2D eigenvalue weighted by molar-refractivity contribution is -0.136. The van der Waals surface area contributed by atoms with Gasteiger partial charge in [-0.05, 0) is 49.6 Å². The van der Waals surface area contributed by atoms with Crippen LogP contribution in [0.5, 0.6) is 5.75 Å². The van der Waals surface area contributed by atoms with E-state index in [9.17, 15) is 9.59 Å². The van der Waals surface area contributed by atoms with Gasteiger partial charge in [0.15, 0.2) is 0 Å². The highest BCUT2D eigenvalue weighted by atomic mass is 32.2. The summed E-state index contributed by atoms with van der Waals surface area (Å²) in [4.78, 5) is 24.1. The number of aliphatic carboxylic acids is 1. The van der Waals surface area contributed by atoms with E-state index in [0.29, 0.717) is 17.0 Å². The van der Waals surface area contributed by atoms with Gasteiger partial charge in [0.2, 0.25) is 0 Å². The molecule has 138 valence electrons. The smallest absolute Gasteiger partial charge is 0.316 e. The molecule has 0 aliphatic heterocycles. The van der Waals surface area contributed by atoms with Gasteiger partial charge >= 0.3 is 5.97 Å². The second-order valence-electron chi connectivity index (χ2n) is 5.80. The van der Waals surface area contributed by atoms with Crippen LogP contribution in [0.2, 0.25) is 0 Å². The number of carboxylic acid groups (broad SMARTS) is 1. The monoisotopic (exact) mass is 373 g/mol. The summed E-state index contributed by atoms with van der Waals surface area (Å²) in [6.07, 6.45) is 1.68. The molecule has 0 fully saturated rings. The molecule has 2 rings (SSSR count). The summed E-state index contributed by atoms with van der Waals surface area (Å²) in [5.74, 6) is -0.253. The number of benzene rings is 2. The maximum atomic E-state index is 12.4. The molecule has 0 aromatic heterocycles. The lowest BCUT2D eigenvalue weighted by Gasteiger charge is -2.12. The van der Waals surface area contributed by atoms with Gasteiger partial charge in [-0.15, -0.1) is 11.8 Å². The molecule has 0 saturated carbocycles. The summed E-state index contributed by atoms with van der Waals surface area (Å²) < 4.78 is 5.13. The van der Waals surface area contributed by atoms with Crippen LogP contribution in [0.15, 0.2) is 53.4 Å². The maximum absolute atomic E-state index is 12.4. The third-order valence-electron chi connectivity index (χ3n) is 3.87. The molecule has 6 heteroatoms. The number of hydrogen-bond donors (Lipinski definition) is 2. The number of ether oxygens (including phenoxy) is 1. The first kappa shape index (κ1) is 19.8. The Kier molecular flexibility index (Phi) is 7.53. The van der Waals surface area contributed by atoms with E-state index in [1.54, 1.807) is 38.3 Å². The third-order valence-corrected chi connectivity index (χ3v) is 5.04. The molecule has 1 amide bonds. The summed E-state index contributed by atoms with van der Waals surface area (Å²) in [7, 11) is 1.64. The number of aryl methyl sites for hydroxylation is 1. The molecule has 2 aromatic rings. The fraction of sp³-hybridized carbons (Fsp3) is 0.300. The average Bonchev–Trinajstić information content (AvgIpc) is 2.65. The molecule has 0 heterocycles. The van der Waals surface area contributed by atoms with Crippen molar-refractivity contribution in [1.29, 1.82) is 0 Å². The van der Waals surface area contributed by atoms with Gasteiger partial charge in [-0.1, -0.05) is 24.3 Å². The van der Waals surface area contributed by atoms with Gasteiger partial charge in [0, 0.05) is 11.4 Å². The largest absolute Gasteiger partial charge is 0.497 e. The molecule has 0 saturated heterocycles. The van der Waals surface area contributed by atoms with Gasteiger partial charge in [-0.25, -0.2) is 0 Å². The molecule has 0 radical (unpaired) electrons. The maximum Gasteiger partial charge on any atom is 0.316 e. The van der Waals surface area contributed by atoms with Crippen LogP contribution in [0.25, 0.3) is 0 Å². The minimum Gasteiger partial charge on any atom is -0.497 e. The number of carbonyl (C=O) groups is 2. The number of carbonyl (C=O) groups excluding carboxylic acids is 1. The van der Waals surface area contributed by atoms with Crippen LogP contribution in [-0.2, 0) is 11.2 Å². The van der Waals surface area contributed by atoms with E-state index in [0.717, 1.165) is 18.6 Å². The predicted molar refractivity (Wildman–Crippen MR) is 103 cm³/mol. The van der Waals surface area contributed by atoms with Gasteiger partial charge in [-0.2, -0.15) is 0 Å². The molecule has 2 aromatic carbocycles. The lowest BCUT2D eigenvalue weighted by Crippen LogP contribution is -2.25. The molecule has 0 aliphatic rings. The molecule has 0 spiro atoms. The van der Waals surface area contributed by atoms with E-state index in [1.807, 2.05) is 24.3 Å². The first-order chi connectivity index (χ1) is 12.5. The number of nitrogens with one attached hydrogen (secondary N) is 1. The van der Waals surface area contributed by atoms with E-state index in [1.165, 1.54) is 17.3 Å². The number of thioether (sulfide) groups is 1. The molecule has 1 atom stereocenters. The average molecular weight is 373 g/mol. The molecular formula is C20H23NO4S. The predicted octanol–water partition coefficient (Wildman–Crippen LogP) is 3.62. The van der Waals surface area contributed by atoms with Crippen molar-refractivity contribution in [3.63, 3.8) is 0 Å². The quantitative estimate of drug-likeness (QED) is 0.519. The Hall–Kier alpha value is -2.47. The number of rotatable bonds is 9. The van der Waals surface area contributed by atoms with Crippen LogP contribution in [0.4, 0.5) is 0 Å². The van der Waals surface area contributed by atoms with Crippen molar-refractivity contribution in [3.05, 3.63) is 59.7 Å². The fourth-order valence-electron chi connectivity index (χ4n) is 2.38. The molecule has 5 nitrogen and oxygen atoms in total. The van der Waals surface area contributed by atoms with Gasteiger partial charge < -0.3 is 15.2 Å². The molecular weight excluding hydrogens is 350 g/mol. The first-order valence-electron chi connectivity index (χ1n) is 8.41. The van der Waals surface area contributed by atoms with Gasteiger partial charge in [0.05, 0.1) is 12.7 Å². The van der Waals surface area contributed by atoms with Crippen molar-refractivity contribution in [2.24, 2.45) is 0 Å². The Morgan fingerprint density at radius 1 is 1.15 bits per heavy atom. The van der Waals surface area contributed by atoms with E-state index in [-0.39, 0.29) is 5.91 Å². The van der Waals surface area contributed by atoms with Crippen molar-refractivity contribution < 1.29 is 19.4 Å². The lowest BCUT2D eigenvalue weighted by atomic mass is 10.1. The van der Waals surface area contributed by atoms with Crippen molar-refractivity contribution in [1.82, 2.24) is 5.32 Å². The highest BCUT2D eigenvalue weighted by molar-refractivity contribution is 8.00. The second kappa shape index (κ2) is 9.87. The topological polar surface area (TPSA) is 75.6 Å². The van der Waals surface area contributed by atoms with Crippen LogP contribution in [0.1, 0.15) is 29.3 Å². The summed E-state index contributed by atoms with van der Waals surface area (Å²) in [6, 6.07) is 14.9. The van der Waals surface area contributed by atoms with Crippen molar-refractivity contribution in [2.45, 2.75) is 29.9 Å². The van der Waals surface area contributed by atoms with Crippen LogP contribution < -0.4 is 10.1 Å². The van der Waals surface area contributed by atoms with Gasteiger partial charge in [-0.3, -0.25) is 9.59 Å². The van der Waals surface area contributed by atoms with Crippen LogP contribution >= 0.6 is 11.8 Å². The SMILES string of the molecule is COc1ccc(CCCNC(=O)c2ccccc2SC(C)C(=O)O)cc1. The molecule has 26 heavy (non-hydrogen) atoms. The highest BCUT2D eigenvalue weighted by Crippen LogP contribution is 2.27. The zero-order valence-electron chi connectivity index (χ0n) is 14.9. The van der Waals surface area contributed by atoms with E-state index in [4.69, 9.17) is 9.84 Å². The van der Waals surface area contributed by atoms with Crippen molar-refractivity contribution >= 4 is 23.6 Å². The minimum absolute atomic E-state index is 0.180. The van der Waals surface area contributed by atoms with Crippen molar-refractivity contribution in [2.75, 3.05) is 13.7 Å². The summed E-state index contributed by atoms with van der Waals surface area (Å²) in [5, 5.41) is 11.4. The molecule has 0 aliphatic carbocycles. The van der Waals surface area contributed by atoms with Gasteiger partial charge in [0.1, 0.15) is 11.0 Å². The normalized spacial score (nSPS) is 11.6. The summed E-state index contributed by atoms with van der Waals surface area (Å²) >= 11 is 1.17. The fourth-order valence-corrected chi connectivity index (χ4v) is 3.31. The standard InChI is InChI=1S/C20H23NO4S/c1-14(20(23)24)26-18-8-4-3-7-17(18)19(22)21-13-5-6-15-9-11-16(25-2)12-10-15/h3-4,7-12,14H,5-6,13H2,1-2H3,(H,21,22)(H,23,24). The summed E-state index contributed by atoms with van der Waals surface area (Å²) in [6.45, 7) is 2.16. The zero-order chi connectivity index (χ0) is 18.9. The molecule has 1 unspecified atom stereocenters. The highest BCUT2D eigenvalue weighted by Gasteiger charge is 2.17. The Balaban J connectivity index is 1.86. The van der Waals surface area contributed by atoms with E-state index >= 15 is 0 Å². The van der Waals surface area contributed by atoms with Crippen molar-refractivity contribution in [3.8, 4) is 5.75 Å².